The highest BCUT2D eigenvalue weighted by atomic mass is 16.2. The van der Waals surface area contributed by atoms with Crippen molar-refractivity contribution in [3.05, 3.63) is 59.9 Å². The maximum Gasteiger partial charge on any atom is 0.233 e. The monoisotopic (exact) mass is 380 g/mol. The highest BCUT2D eigenvalue weighted by Crippen LogP contribution is 2.23. The minimum absolute atomic E-state index is 0.0813. The predicted octanol–water partition coefficient (Wildman–Crippen LogP) is 3.06. The molecule has 2 N–H and O–H groups in total. The number of aromatic nitrogens is 1. The van der Waals surface area contributed by atoms with E-state index in [2.05, 4.69) is 20.5 Å². The Morgan fingerprint density at radius 2 is 1.93 bits per heavy atom. The average molecular weight is 380 g/mol. The number of hydrogen-bond acceptors (Lipinski definition) is 4. The van der Waals surface area contributed by atoms with Crippen LogP contribution in [0.25, 0.3) is 0 Å². The molecule has 1 aromatic carbocycles. The van der Waals surface area contributed by atoms with Crippen molar-refractivity contribution in [2.24, 2.45) is 0 Å². The second-order valence-electron chi connectivity index (χ2n) is 7.30. The lowest BCUT2D eigenvalue weighted by Gasteiger charge is -2.34. The fourth-order valence-electron chi connectivity index (χ4n) is 3.61. The lowest BCUT2D eigenvalue weighted by molar-refractivity contribution is -0.127. The van der Waals surface area contributed by atoms with Crippen LogP contribution in [0.15, 0.2) is 48.8 Å². The average Bonchev–Trinajstić information content (AvgIpc) is 2.69. The minimum Gasteiger partial charge on any atom is -0.354 e. The van der Waals surface area contributed by atoms with Crippen molar-refractivity contribution in [3.63, 3.8) is 0 Å². The molecule has 1 aliphatic rings. The molecule has 0 aliphatic carbocycles. The lowest BCUT2D eigenvalue weighted by Crippen LogP contribution is -2.41. The van der Waals surface area contributed by atoms with Gasteiger partial charge >= 0.3 is 0 Å². The summed E-state index contributed by atoms with van der Waals surface area (Å²) in [4.78, 5) is 31.1. The highest BCUT2D eigenvalue weighted by Gasteiger charge is 2.23. The quantitative estimate of drug-likeness (QED) is 0.724. The van der Waals surface area contributed by atoms with Gasteiger partial charge in [0.05, 0.1) is 6.04 Å². The number of anilines is 1. The van der Waals surface area contributed by atoms with E-state index in [9.17, 15) is 9.59 Å². The third-order valence-corrected chi connectivity index (χ3v) is 5.02. The molecule has 2 aromatic rings. The standard InChI is InChI=1S/C22H28N4O2/c1-17-7-5-9-19(13-17)25-22(28)14-21(27)24-16-20(18-8-6-10-23-15-18)26-11-3-2-4-12-26/h5-10,13,15,20H,2-4,11-12,14,16H2,1H3,(H,24,27)(H,25,28). The van der Waals surface area contributed by atoms with E-state index in [1.807, 2.05) is 49.5 Å². The maximum absolute atomic E-state index is 12.3. The largest absolute Gasteiger partial charge is 0.354 e. The van der Waals surface area contributed by atoms with Crippen LogP contribution in [0.2, 0.25) is 0 Å². The first-order valence-electron chi connectivity index (χ1n) is 9.89. The number of carbonyl (C=O) groups is 2. The Morgan fingerprint density at radius 3 is 2.64 bits per heavy atom. The van der Waals surface area contributed by atoms with Gasteiger partial charge in [0, 0.05) is 24.6 Å². The van der Waals surface area contributed by atoms with E-state index >= 15 is 0 Å². The first-order valence-corrected chi connectivity index (χ1v) is 9.89. The molecular weight excluding hydrogens is 352 g/mol. The van der Waals surface area contributed by atoms with E-state index in [0.29, 0.717) is 12.2 Å². The van der Waals surface area contributed by atoms with Crippen molar-refractivity contribution < 1.29 is 9.59 Å². The minimum atomic E-state index is -0.306. The number of carbonyl (C=O) groups excluding carboxylic acids is 2. The first kappa shape index (κ1) is 20.0. The number of amides is 2. The normalized spacial score (nSPS) is 15.6. The summed E-state index contributed by atoms with van der Waals surface area (Å²) in [5, 5.41) is 5.71. The van der Waals surface area contributed by atoms with Gasteiger partial charge in [-0.2, -0.15) is 0 Å². The molecule has 2 amide bonds. The Labute approximate surface area is 166 Å². The Morgan fingerprint density at radius 1 is 1.11 bits per heavy atom. The first-order chi connectivity index (χ1) is 13.6. The summed E-state index contributed by atoms with van der Waals surface area (Å²) in [6, 6.07) is 11.6. The van der Waals surface area contributed by atoms with Crippen LogP contribution in [0.5, 0.6) is 0 Å². The van der Waals surface area contributed by atoms with Gasteiger partial charge in [0.15, 0.2) is 0 Å². The summed E-state index contributed by atoms with van der Waals surface area (Å²) in [5.41, 5.74) is 2.86. The summed E-state index contributed by atoms with van der Waals surface area (Å²) in [7, 11) is 0. The predicted molar refractivity (Wildman–Crippen MR) is 110 cm³/mol. The van der Waals surface area contributed by atoms with Gasteiger partial charge < -0.3 is 10.6 Å². The van der Waals surface area contributed by atoms with Crippen molar-refractivity contribution in [2.45, 2.75) is 38.6 Å². The zero-order chi connectivity index (χ0) is 19.8. The summed E-state index contributed by atoms with van der Waals surface area (Å²) in [6.07, 6.45) is 7.02. The molecule has 1 unspecified atom stereocenters. The van der Waals surface area contributed by atoms with Gasteiger partial charge in [-0.3, -0.25) is 19.5 Å². The van der Waals surface area contributed by atoms with Gasteiger partial charge in [-0.05, 0) is 62.2 Å². The lowest BCUT2D eigenvalue weighted by atomic mass is 10.0. The molecule has 1 fully saturated rings. The van der Waals surface area contributed by atoms with Gasteiger partial charge in [0.2, 0.25) is 11.8 Å². The summed E-state index contributed by atoms with van der Waals surface area (Å²) >= 11 is 0. The van der Waals surface area contributed by atoms with Gasteiger partial charge in [-0.15, -0.1) is 0 Å². The Hall–Kier alpha value is -2.73. The molecule has 0 radical (unpaired) electrons. The van der Waals surface area contributed by atoms with E-state index in [4.69, 9.17) is 0 Å². The van der Waals surface area contributed by atoms with E-state index in [-0.39, 0.29) is 24.3 Å². The zero-order valence-corrected chi connectivity index (χ0v) is 16.4. The number of hydrogen-bond donors (Lipinski definition) is 2. The second-order valence-corrected chi connectivity index (χ2v) is 7.30. The fraction of sp³-hybridized carbons (Fsp3) is 0.409. The number of aryl methyl sites for hydroxylation is 1. The van der Waals surface area contributed by atoms with Crippen molar-refractivity contribution in [1.29, 1.82) is 0 Å². The number of pyridine rings is 1. The van der Waals surface area contributed by atoms with Crippen LogP contribution >= 0.6 is 0 Å². The SMILES string of the molecule is Cc1cccc(NC(=O)CC(=O)NCC(c2cccnc2)N2CCCCC2)c1. The molecule has 1 aliphatic heterocycles. The van der Waals surface area contributed by atoms with E-state index in [1.54, 1.807) is 6.20 Å². The van der Waals surface area contributed by atoms with E-state index < -0.39 is 0 Å². The molecule has 0 bridgehead atoms. The van der Waals surface area contributed by atoms with Gasteiger partial charge in [0.25, 0.3) is 0 Å². The van der Waals surface area contributed by atoms with Crippen LogP contribution in [0, 0.1) is 6.92 Å². The van der Waals surface area contributed by atoms with Crippen molar-refractivity contribution >= 4 is 17.5 Å². The Kier molecular flexibility index (Phi) is 7.14. The van der Waals surface area contributed by atoms with E-state index in [0.717, 1.165) is 24.2 Å². The van der Waals surface area contributed by atoms with Crippen LogP contribution in [0.1, 0.15) is 42.9 Å². The molecule has 28 heavy (non-hydrogen) atoms. The number of nitrogens with zero attached hydrogens (tertiary/aromatic N) is 2. The third-order valence-electron chi connectivity index (χ3n) is 5.02. The van der Waals surface area contributed by atoms with E-state index in [1.165, 1.54) is 19.3 Å². The molecule has 1 atom stereocenters. The van der Waals surface area contributed by atoms with Crippen LogP contribution in [0.3, 0.4) is 0 Å². The molecule has 3 rings (SSSR count). The number of benzene rings is 1. The van der Waals surface area contributed by atoms with Crippen LogP contribution in [-0.4, -0.2) is 41.3 Å². The molecule has 148 valence electrons. The number of likely N-dealkylation sites (tertiary alicyclic amines) is 1. The van der Waals surface area contributed by atoms with Crippen molar-refractivity contribution in [3.8, 4) is 0 Å². The zero-order valence-electron chi connectivity index (χ0n) is 16.4. The topological polar surface area (TPSA) is 74.3 Å². The molecule has 1 aromatic heterocycles. The molecular formula is C22H28N4O2. The van der Waals surface area contributed by atoms with Crippen molar-refractivity contribution in [1.82, 2.24) is 15.2 Å². The number of rotatable bonds is 7. The Balaban J connectivity index is 1.55. The van der Waals surface area contributed by atoms with Crippen molar-refractivity contribution in [2.75, 3.05) is 25.0 Å². The number of piperidine rings is 1. The third kappa shape index (κ3) is 5.89. The molecule has 1 saturated heterocycles. The van der Waals surface area contributed by atoms with Gasteiger partial charge in [0.1, 0.15) is 6.42 Å². The molecule has 6 heteroatoms. The smallest absolute Gasteiger partial charge is 0.233 e. The maximum atomic E-state index is 12.3. The van der Waals surface area contributed by atoms with Crippen LogP contribution < -0.4 is 10.6 Å². The van der Waals surface area contributed by atoms with Crippen LogP contribution in [-0.2, 0) is 9.59 Å². The molecule has 6 nitrogen and oxygen atoms in total. The second kappa shape index (κ2) is 9.99. The molecule has 0 saturated carbocycles. The summed E-state index contributed by atoms with van der Waals surface area (Å²) in [6.45, 7) is 4.47. The fourth-order valence-corrected chi connectivity index (χ4v) is 3.61. The van der Waals surface area contributed by atoms with Crippen LogP contribution in [0.4, 0.5) is 5.69 Å². The highest BCUT2D eigenvalue weighted by molar-refractivity contribution is 6.03. The number of nitrogens with one attached hydrogen (secondary N) is 2. The Bertz CT molecular complexity index is 788. The van der Waals surface area contributed by atoms with Gasteiger partial charge in [-0.1, -0.05) is 24.6 Å². The molecule has 0 spiro atoms. The summed E-state index contributed by atoms with van der Waals surface area (Å²) < 4.78 is 0. The van der Waals surface area contributed by atoms with Gasteiger partial charge in [-0.25, -0.2) is 0 Å². The molecule has 2 heterocycles. The summed E-state index contributed by atoms with van der Waals surface area (Å²) in [5.74, 6) is -0.574.